The molecule has 33 heavy (non-hydrogen) atoms. The number of nitrogens with one attached hydrogen (secondary N) is 1. The zero-order chi connectivity index (χ0) is 23.2. The van der Waals surface area contributed by atoms with Crippen LogP contribution < -0.4 is 10.1 Å². The van der Waals surface area contributed by atoms with Gasteiger partial charge in [-0.2, -0.15) is 5.26 Å². The standard InChI is InChI=1S/C27H17FN2O3/c28-24-13-3-4-14-25(24)30-26(31)20(17-29)15-18-7-5-10-21(16-18)33-27(32)23-12-6-9-19-8-1-2-11-22(19)23/h1-16H,(H,30,31). The maximum Gasteiger partial charge on any atom is 0.344 e. The van der Waals surface area contributed by atoms with Crippen LogP contribution in [-0.2, 0) is 4.79 Å². The van der Waals surface area contributed by atoms with Crippen LogP contribution in [0.3, 0.4) is 0 Å². The van der Waals surface area contributed by atoms with Gasteiger partial charge in [0.05, 0.1) is 11.3 Å². The lowest BCUT2D eigenvalue weighted by atomic mass is 10.0. The Morgan fingerprint density at radius 3 is 2.45 bits per heavy atom. The number of fused-ring (bicyclic) bond motifs is 1. The van der Waals surface area contributed by atoms with E-state index in [0.29, 0.717) is 11.1 Å². The number of carbonyl (C=O) groups is 2. The van der Waals surface area contributed by atoms with Gasteiger partial charge in [-0.05, 0) is 52.7 Å². The molecule has 0 spiro atoms. The Labute approximate surface area is 189 Å². The van der Waals surface area contributed by atoms with E-state index in [9.17, 15) is 19.2 Å². The summed E-state index contributed by atoms with van der Waals surface area (Å²) in [6.45, 7) is 0. The third kappa shape index (κ3) is 4.94. The molecule has 4 rings (SSSR count). The Morgan fingerprint density at radius 2 is 1.64 bits per heavy atom. The van der Waals surface area contributed by atoms with Crippen molar-refractivity contribution in [3.63, 3.8) is 0 Å². The molecule has 0 heterocycles. The summed E-state index contributed by atoms with van der Waals surface area (Å²) in [7, 11) is 0. The molecule has 0 unspecified atom stereocenters. The molecule has 0 saturated carbocycles. The molecule has 0 bridgehead atoms. The minimum absolute atomic E-state index is 0.0265. The summed E-state index contributed by atoms with van der Waals surface area (Å²) in [6, 6.07) is 26.8. The molecule has 0 radical (unpaired) electrons. The number of hydrogen-bond acceptors (Lipinski definition) is 4. The van der Waals surface area contributed by atoms with Crippen molar-refractivity contribution in [2.24, 2.45) is 0 Å². The first kappa shape index (κ1) is 21.5. The average Bonchev–Trinajstić information content (AvgIpc) is 2.83. The Bertz CT molecular complexity index is 1430. The lowest BCUT2D eigenvalue weighted by Gasteiger charge is -2.08. The zero-order valence-electron chi connectivity index (χ0n) is 17.3. The molecule has 0 fully saturated rings. The van der Waals surface area contributed by atoms with Crippen LogP contribution >= 0.6 is 0 Å². The number of hydrogen-bond donors (Lipinski definition) is 1. The second-order valence-corrected chi connectivity index (χ2v) is 7.09. The second kappa shape index (κ2) is 9.58. The van der Waals surface area contributed by atoms with E-state index in [1.165, 1.54) is 30.3 Å². The molecule has 6 heteroatoms. The first-order chi connectivity index (χ1) is 16.0. The molecule has 4 aromatic carbocycles. The minimum Gasteiger partial charge on any atom is -0.423 e. The van der Waals surface area contributed by atoms with E-state index < -0.39 is 17.7 Å². The number of anilines is 1. The average molecular weight is 436 g/mol. The number of halogens is 1. The van der Waals surface area contributed by atoms with Gasteiger partial charge in [0, 0.05) is 0 Å². The van der Waals surface area contributed by atoms with Crippen molar-refractivity contribution in [1.82, 2.24) is 0 Å². The van der Waals surface area contributed by atoms with Gasteiger partial charge >= 0.3 is 5.97 Å². The van der Waals surface area contributed by atoms with E-state index in [0.717, 1.165) is 10.8 Å². The molecule has 4 aromatic rings. The Kier molecular flexibility index (Phi) is 6.24. The fourth-order valence-corrected chi connectivity index (χ4v) is 3.30. The number of benzene rings is 4. The number of carbonyl (C=O) groups excluding carboxylic acids is 2. The summed E-state index contributed by atoms with van der Waals surface area (Å²) in [5.74, 6) is -1.62. The lowest BCUT2D eigenvalue weighted by molar-refractivity contribution is -0.112. The van der Waals surface area contributed by atoms with Crippen LogP contribution in [0.4, 0.5) is 10.1 Å². The van der Waals surface area contributed by atoms with E-state index in [-0.39, 0.29) is 17.0 Å². The Hall–Kier alpha value is -4.76. The van der Waals surface area contributed by atoms with E-state index >= 15 is 0 Å². The number of ether oxygens (including phenoxy) is 1. The van der Waals surface area contributed by atoms with Crippen LogP contribution in [-0.4, -0.2) is 11.9 Å². The predicted molar refractivity (Wildman–Crippen MR) is 124 cm³/mol. The largest absolute Gasteiger partial charge is 0.423 e. The van der Waals surface area contributed by atoms with E-state index in [4.69, 9.17) is 4.74 Å². The SMILES string of the molecule is N#CC(=Cc1cccc(OC(=O)c2cccc3ccccc23)c1)C(=O)Nc1ccccc1F. The highest BCUT2D eigenvalue weighted by Crippen LogP contribution is 2.22. The third-order valence-electron chi connectivity index (χ3n) is 4.88. The Morgan fingerprint density at radius 1 is 0.909 bits per heavy atom. The smallest absolute Gasteiger partial charge is 0.344 e. The van der Waals surface area contributed by atoms with Gasteiger partial charge in [-0.3, -0.25) is 4.79 Å². The quantitative estimate of drug-likeness (QED) is 0.187. The molecule has 5 nitrogen and oxygen atoms in total. The summed E-state index contributed by atoms with van der Waals surface area (Å²) in [6.07, 6.45) is 1.34. The molecule has 0 atom stereocenters. The van der Waals surface area contributed by atoms with Crippen molar-refractivity contribution in [1.29, 1.82) is 5.26 Å². The Balaban J connectivity index is 1.55. The summed E-state index contributed by atoms with van der Waals surface area (Å²) in [4.78, 5) is 25.2. The van der Waals surface area contributed by atoms with Crippen molar-refractivity contribution in [2.75, 3.05) is 5.32 Å². The fraction of sp³-hybridized carbons (Fsp3) is 0. The van der Waals surface area contributed by atoms with Gasteiger partial charge in [0.25, 0.3) is 5.91 Å². The van der Waals surface area contributed by atoms with Crippen molar-refractivity contribution in [3.8, 4) is 11.8 Å². The van der Waals surface area contributed by atoms with Crippen molar-refractivity contribution in [2.45, 2.75) is 0 Å². The predicted octanol–water partition coefficient (Wildman–Crippen LogP) is 5.74. The highest BCUT2D eigenvalue weighted by molar-refractivity contribution is 6.09. The van der Waals surface area contributed by atoms with Crippen molar-refractivity contribution < 1.29 is 18.7 Å². The summed E-state index contributed by atoms with van der Waals surface area (Å²) >= 11 is 0. The topological polar surface area (TPSA) is 79.2 Å². The molecule has 0 aliphatic carbocycles. The van der Waals surface area contributed by atoms with Gasteiger partial charge in [-0.25, -0.2) is 9.18 Å². The summed E-state index contributed by atoms with van der Waals surface area (Å²) < 4.78 is 19.3. The van der Waals surface area contributed by atoms with E-state index in [1.807, 2.05) is 36.4 Å². The summed E-state index contributed by atoms with van der Waals surface area (Å²) in [5.41, 5.74) is 0.645. The van der Waals surface area contributed by atoms with Gasteiger partial charge in [-0.15, -0.1) is 0 Å². The van der Waals surface area contributed by atoms with Crippen LogP contribution in [0.5, 0.6) is 5.75 Å². The highest BCUT2D eigenvalue weighted by atomic mass is 19.1. The van der Waals surface area contributed by atoms with Gasteiger partial charge < -0.3 is 10.1 Å². The number of esters is 1. The second-order valence-electron chi connectivity index (χ2n) is 7.09. The molecule has 160 valence electrons. The van der Waals surface area contributed by atoms with Gasteiger partial charge in [0.2, 0.25) is 0 Å². The normalized spacial score (nSPS) is 11.0. The maximum atomic E-state index is 13.8. The number of rotatable bonds is 5. The molecule has 0 aliphatic heterocycles. The lowest BCUT2D eigenvalue weighted by Crippen LogP contribution is -2.14. The van der Waals surface area contributed by atoms with Gasteiger partial charge in [0.1, 0.15) is 23.2 Å². The van der Waals surface area contributed by atoms with Gasteiger partial charge in [0.15, 0.2) is 0 Å². The van der Waals surface area contributed by atoms with Crippen LogP contribution in [0.25, 0.3) is 16.8 Å². The third-order valence-corrected chi connectivity index (χ3v) is 4.88. The number of nitriles is 1. The highest BCUT2D eigenvalue weighted by Gasteiger charge is 2.14. The monoisotopic (exact) mass is 436 g/mol. The molecule has 1 N–H and O–H groups in total. The minimum atomic E-state index is -0.749. The van der Waals surface area contributed by atoms with E-state index in [1.54, 1.807) is 36.4 Å². The zero-order valence-corrected chi connectivity index (χ0v) is 17.3. The number of nitrogens with zero attached hydrogens (tertiary/aromatic N) is 1. The number of amides is 1. The van der Waals surface area contributed by atoms with E-state index in [2.05, 4.69) is 5.32 Å². The molecular weight excluding hydrogens is 419 g/mol. The van der Waals surface area contributed by atoms with Crippen LogP contribution in [0, 0.1) is 17.1 Å². The first-order valence-electron chi connectivity index (χ1n) is 10.0. The molecule has 0 aliphatic rings. The first-order valence-corrected chi connectivity index (χ1v) is 10.0. The maximum absolute atomic E-state index is 13.8. The van der Waals surface area contributed by atoms with Crippen LogP contribution in [0.15, 0.2) is 96.6 Å². The van der Waals surface area contributed by atoms with Gasteiger partial charge in [-0.1, -0.05) is 60.7 Å². The number of para-hydroxylation sites is 1. The molecule has 0 saturated heterocycles. The van der Waals surface area contributed by atoms with Crippen LogP contribution in [0.2, 0.25) is 0 Å². The summed E-state index contributed by atoms with van der Waals surface area (Å²) in [5, 5.41) is 13.5. The molecule has 1 amide bonds. The molecule has 0 aromatic heterocycles. The van der Waals surface area contributed by atoms with Crippen molar-refractivity contribution >= 4 is 34.4 Å². The van der Waals surface area contributed by atoms with Crippen molar-refractivity contribution in [3.05, 3.63) is 114 Å². The molecular formula is C27H17FN2O3. The fourth-order valence-electron chi connectivity index (χ4n) is 3.30. The van der Waals surface area contributed by atoms with Crippen LogP contribution in [0.1, 0.15) is 15.9 Å².